The number of rotatable bonds is 8. The summed E-state index contributed by atoms with van der Waals surface area (Å²) in [6.45, 7) is 13.9. The Bertz CT molecular complexity index is 1360. The lowest BCUT2D eigenvalue weighted by atomic mass is 9.90. The monoisotopic (exact) mass is 532 g/mol. The maximum atomic E-state index is 15.0. The van der Waals surface area contributed by atoms with Gasteiger partial charge < -0.3 is 15.2 Å². The number of benzene rings is 2. The van der Waals surface area contributed by atoms with Crippen LogP contribution in [0.5, 0.6) is 0 Å². The molecule has 1 aromatic heterocycles. The number of pyridine rings is 1. The lowest BCUT2D eigenvalue weighted by Gasteiger charge is -2.47. The van der Waals surface area contributed by atoms with Crippen LogP contribution in [0, 0.1) is 26.6 Å². The Morgan fingerprint density at radius 1 is 1.08 bits per heavy atom. The number of likely N-dealkylation sites (tertiary alicyclic amines) is 1. The molecule has 2 heterocycles. The SMILES string of the molecule is CCN(c1cc(F)cc(C(=O)NCc2c(C)cc(C)[nH]c2=O)c1C)C1C[C@@H](C)N(Cc2ccccc2)[C@@H](C)C1. The van der Waals surface area contributed by atoms with Crippen molar-refractivity contribution in [3.05, 3.63) is 98.2 Å². The van der Waals surface area contributed by atoms with E-state index < -0.39 is 5.82 Å². The Hall–Kier alpha value is -3.45. The van der Waals surface area contributed by atoms with Gasteiger partial charge in [0.1, 0.15) is 5.82 Å². The van der Waals surface area contributed by atoms with E-state index in [4.69, 9.17) is 0 Å². The molecule has 6 nitrogen and oxygen atoms in total. The highest BCUT2D eigenvalue weighted by molar-refractivity contribution is 5.97. The molecule has 1 saturated heterocycles. The number of amides is 1. The number of hydrogen-bond acceptors (Lipinski definition) is 4. The van der Waals surface area contributed by atoms with Gasteiger partial charge in [0.15, 0.2) is 0 Å². The summed E-state index contributed by atoms with van der Waals surface area (Å²) >= 11 is 0. The normalized spacial score (nSPS) is 19.6. The molecule has 39 heavy (non-hydrogen) atoms. The van der Waals surface area contributed by atoms with Crippen molar-refractivity contribution in [1.82, 2.24) is 15.2 Å². The third-order valence-electron chi connectivity index (χ3n) is 8.17. The molecule has 1 aliphatic heterocycles. The van der Waals surface area contributed by atoms with E-state index in [1.165, 1.54) is 11.6 Å². The fourth-order valence-corrected chi connectivity index (χ4v) is 6.14. The molecule has 2 N–H and O–H groups in total. The van der Waals surface area contributed by atoms with Crippen LogP contribution in [0.4, 0.5) is 10.1 Å². The Morgan fingerprint density at radius 3 is 2.36 bits per heavy atom. The van der Waals surface area contributed by atoms with E-state index >= 15 is 0 Å². The summed E-state index contributed by atoms with van der Waals surface area (Å²) in [6.07, 6.45) is 1.91. The molecule has 4 rings (SSSR count). The first-order valence-corrected chi connectivity index (χ1v) is 13.9. The van der Waals surface area contributed by atoms with Crippen molar-refractivity contribution in [3.8, 4) is 0 Å². The zero-order valence-electron chi connectivity index (χ0n) is 24.0. The molecule has 1 unspecified atom stereocenters. The fourth-order valence-electron chi connectivity index (χ4n) is 6.14. The van der Waals surface area contributed by atoms with Crippen LogP contribution in [-0.4, -0.2) is 40.5 Å². The van der Waals surface area contributed by atoms with Gasteiger partial charge in [0.25, 0.3) is 11.5 Å². The lowest BCUT2D eigenvalue weighted by molar-refractivity contribution is 0.0821. The van der Waals surface area contributed by atoms with Crippen LogP contribution in [0.3, 0.4) is 0 Å². The van der Waals surface area contributed by atoms with E-state index in [-0.39, 0.29) is 24.1 Å². The molecule has 2 aromatic carbocycles. The standard InChI is InChI=1S/C32H41FN4O2/c1-7-36(27-14-22(4)37(23(5)15-27)19-25-11-9-8-10-12-25)30-17-26(33)16-28(24(30)6)31(38)34-18-29-20(2)13-21(3)35-32(29)39/h8-13,16-17,22-23,27H,7,14-15,18-19H2,1-6H3,(H,34,38)(H,35,39)/t22-,23+,27?. The summed E-state index contributed by atoms with van der Waals surface area (Å²) in [4.78, 5) is 33.2. The maximum absolute atomic E-state index is 15.0. The number of piperidine rings is 1. The van der Waals surface area contributed by atoms with Crippen LogP contribution >= 0.6 is 0 Å². The number of carbonyl (C=O) groups excluding carboxylic acids is 1. The molecule has 1 amide bonds. The zero-order chi connectivity index (χ0) is 28.3. The van der Waals surface area contributed by atoms with Crippen LogP contribution < -0.4 is 15.8 Å². The van der Waals surface area contributed by atoms with Crippen LogP contribution in [0.15, 0.2) is 53.3 Å². The highest BCUT2D eigenvalue weighted by atomic mass is 19.1. The van der Waals surface area contributed by atoms with Crippen LogP contribution in [0.25, 0.3) is 0 Å². The summed E-state index contributed by atoms with van der Waals surface area (Å²) in [7, 11) is 0. The number of anilines is 1. The molecule has 1 fully saturated rings. The number of aryl methyl sites for hydroxylation is 2. The molecular formula is C32H41FN4O2. The minimum atomic E-state index is -0.439. The number of aromatic nitrogens is 1. The second kappa shape index (κ2) is 12.2. The summed E-state index contributed by atoms with van der Waals surface area (Å²) in [6, 6.07) is 16.2. The molecule has 0 bridgehead atoms. The predicted octanol–water partition coefficient (Wildman–Crippen LogP) is 5.64. The van der Waals surface area contributed by atoms with Crippen LogP contribution in [-0.2, 0) is 13.1 Å². The average molecular weight is 533 g/mol. The van der Waals surface area contributed by atoms with Gasteiger partial charge in [0, 0.05) is 60.3 Å². The smallest absolute Gasteiger partial charge is 0.253 e. The first-order chi connectivity index (χ1) is 18.6. The average Bonchev–Trinajstić information content (AvgIpc) is 2.88. The first-order valence-electron chi connectivity index (χ1n) is 13.9. The van der Waals surface area contributed by atoms with Gasteiger partial charge >= 0.3 is 0 Å². The van der Waals surface area contributed by atoms with Crippen molar-refractivity contribution in [2.45, 2.75) is 85.6 Å². The Morgan fingerprint density at radius 2 is 1.74 bits per heavy atom. The predicted molar refractivity (Wildman–Crippen MR) is 156 cm³/mol. The van der Waals surface area contributed by atoms with Crippen LogP contribution in [0.2, 0.25) is 0 Å². The highest BCUT2D eigenvalue weighted by Crippen LogP contribution is 2.34. The summed E-state index contributed by atoms with van der Waals surface area (Å²) in [5, 5.41) is 2.84. The third kappa shape index (κ3) is 6.41. The number of nitrogens with one attached hydrogen (secondary N) is 2. The second-order valence-corrected chi connectivity index (χ2v) is 11.0. The molecular weight excluding hydrogens is 491 g/mol. The van der Waals surface area contributed by atoms with Gasteiger partial charge in [-0.15, -0.1) is 0 Å². The molecule has 208 valence electrons. The van der Waals surface area contributed by atoms with E-state index in [9.17, 15) is 14.0 Å². The molecule has 3 aromatic rings. The van der Waals surface area contributed by atoms with E-state index in [0.717, 1.165) is 41.9 Å². The van der Waals surface area contributed by atoms with Gasteiger partial charge in [-0.25, -0.2) is 4.39 Å². The highest BCUT2D eigenvalue weighted by Gasteiger charge is 2.34. The molecule has 3 atom stereocenters. The van der Waals surface area contributed by atoms with Gasteiger partial charge in [0.2, 0.25) is 0 Å². The van der Waals surface area contributed by atoms with E-state index in [1.807, 2.05) is 32.9 Å². The topological polar surface area (TPSA) is 68.4 Å². The van der Waals surface area contributed by atoms with Gasteiger partial charge in [-0.3, -0.25) is 14.5 Å². The van der Waals surface area contributed by atoms with Gasteiger partial charge in [-0.1, -0.05) is 30.3 Å². The summed E-state index contributed by atoms with van der Waals surface area (Å²) in [5.41, 5.74) is 4.98. The first kappa shape index (κ1) is 28.6. The number of aromatic amines is 1. The van der Waals surface area contributed by atoms with Crippen molar-refractivity contribution in [1.29, 1.82) is 0 Å². The van der Waals surface area contributed by atoms with Gasteiger partial charge in [0.05, 0.1) is 0 Å². The Balaban J connectivity index is 1.53. The van der Waals surface area contributed by atoms with Crippen molar-refractivity contribution in [2.24, 2.45) is 0 Å². The van der Waals surface area contributed by atoms with Crippen molar-refractivity contribution in [3.63, 3.8) is 0 Å². The van der Waals surface area contributed by atoms with Crippen LogP contribution in [0.1, 0.15) is 71.9 Å². The second-order valence-electron chi connectivity index (χ2n) is 11.0. The number of nitrogens with zero attached hydrogens (tertiary/aromatic N) is 2. The van der Waals surface area contributed by atoms with E-state index in [2.05, 4.69) is 65.1 Å². The molecule has 0 aliphatic carbocycles. The van der Waals surface area contributed by atoms with E-state index in [1.54, 1.807) is 6.07 Å². The lowest BCUT2D eigenvalue weighted by Crippen LogP contribution is -2.53. The van der Waals surface area contributed by atoms with Gasteiger partial charge in [-0.05, 0) is 89.3 Å². The number of halogens is 1. The molecule has 1 aliphatic rings. The fraction of sp³-hybridized carbons (Fsp3) is 0.438. The molecule has 0 saturated carbocycles. The molecule has 0 spiro atoms. The number of carbonyl (C=O) groups is 1. The zero-order valence-corrected chi connectivity index (χ0v) is 24.0. The number of H-pyrrole nitrogens is 1. The van der Waals surface area contributed by atoms with Crippen molar-refractivity contribution < 1.29 is 9.18 Å². The molecule has 7 heteroatoms. The quantitative estimate of drug-likeness (QED) is 0.394. The van der Waals surface area contributed by atoms with Crippen molar-refractivity contribution >= 4 is 11.6 Å². The minimum Gasteiger partial charge on any atom is -0.368 e. The van der Waals surface area contributed by atoms with E-state index in [0.29, 0.717) is 29.8 Å². The Kier molecular flexibility index (Phi) is 8.90. The number of hydrogen-bond donors (Lipinski definition) is 2. The minimum absolute atomic E-state index is 0.0813. The third-order valence-corrected chi connectivity index (χ3v) is 8.17. The van der Waals surface area contributed by atoms with Gasteiger partial charge in [-0.2, -0.15) is 0 Å². The summed E-state index contributed by atoms with van der Waals surface area (Å²) < 4.78 is 15.0. The maximum Gasteiger partial charge on any atom is 0.253 e. The largest absolute Gasteiger partial charge is 0.368 e. The van der Waals surface area contributed by atoms with Crippen molar-refractivity contribution in [2.75, 3.05) is 11.4 Å². The Labute approximate surface area is 231 Å². The molecule has 0 radical (unpaired) electrons. The summed E-state index contributed by atoms with van der Waals surface area (Å²) in [5.74, 6) is -0.825.